The fourth-order valence-corrected chi connectivity index (χ4v) is 5.49. The smallest absolute Gasteiger partial charge is 0.327 e. The van der Waals surface area contributed by atoms with Crippen molar-refractivity contribution in [1.82, 2.24) is 30.6 Å². The summed E-state index contributed by atoms with van der Waals surface area (Å²) < 4.78 is 0. The van der Waals surface area contributed by atoms with E-state index in [0.29, 0.717) is 22.1 Å². The highest BCUT2D eigenvalue weighted by Gasteiger charge is 2.25. The molecule has 0 aliphatic rings. The van der Waals surface area contributed by atoms with E-state index in [1.165, 1.54) is 12.4 Å². The summed E-state index contributed by atoms with van der Waals surface area (Å²) in [5.74, 6) is -4.06. The number of nitrogens with one attached hydrogen (secondary N) is 2. The first-order chi connectivity index (χ1) is 18.3. The minimum atomic E-state index is -1.27. The first-order valence-corrected chi connectivity index (χ1v) is 13.6. The van der Waals surface area contributed by atoms with Gasteiger partial charge in [-0.15, -0.1) is 0 Å². The van der Waals surface area contributed by atoms with Crippen molar-refractivity contribution in [2.75, 3.05) is 11.5 Å². The van der Waals surface area contributed by atoms with Crippen molar-refractivity contribution in [3.8, 4) is 0 Å². The van der Waals surface area contributed by atoms with E-state index in [1.807, 2.05) is 0 Å². The molecule has 2 unspecified atom stereocenters. The second kappa shape index (κ2) is 12.3. The standard InChI is InChI=1S/C24H20N6O6S2/c31-21(17-9-25-13-5-1-3-7-15(13)27-17)29-19(23(33)34)11-37-38-12-20(24(35)36)30-22(32)18-10-26-14-6-2-4-8-16(14)28-18/h1-10,19-20H,11-12H2,(H,29,31)(H,30,32)(H,33,34)(H,35,36). The molecule has 4 N–H and O–H groups in total. The number of hydrogen-bond donors (Lipinski definition) is 4. The maximum atomic E-state index is 12.5. The van der Waals surface area contributed by atoms with Crippen molar-refractivity contribution in [3.05, 3.63) is 72.3 Å². The molecule has 38 heavy (non-hydrogen) atoms. The van der Waals surface area contributed by atoms with Gasteiger partial charge in [0.1, 0.15) is 23.5 Å². The Morgan fingerprint density at radius 1 is 0.658 bits per heavy atom. The van der Waals surface area contributed by atoms with E-state index in [0.717, 1.165) is 21.6 Å². The van der Waals surface area contributed by atoms with E-state index >= 15 is 0 Å². The van der Waals surface area contributed by atoms with Crippen LogP contribution in [0.15, 0.2) is 60.9 Å². The molecule has 14 heteroatoms. The molecule has 0 aliphatic heterocycles. The van der Waals surface area contributed by atoms with Gasteiger partial charge in [0.15, 0.2) is 0 Å². The van der Waals surface area contributed by atoms with Gasteiger partial charge in [0, 0.05) is 11.5 Å². The largest absolute Gasteiger partial charge is 0.480 e. The van der Waals surface area contributed by atoms with Crippen LogP contribution in [-0.2, 0) is 9.59 Å². The number of aliphatic carboxylic acids is 2. The van der Waals surface area contributed by atoms with E-state index in [2.05, 4.69) is 30.6 Å². The minimum Gasteiger partial charge on any atom is -0.480 e. The number of fused-ring (bicyclic) bond motifs is 2. The number of para-hydroxylation sites is 4. The van der Waals surface area contributed by atoms with Gasteiger partial charge in [0.2, 0.25) is 0 Å². The highest BCUT2D eigenvalue weighted by atomic mass is 33.1. The van der Waals surface area contributed by atoms with Gasteiger partial charge in [0.25, 0.3) is 11.8 Å². The van der Waals surface area contributed by atoms with Gasteiger partial charge in [-0.05, 0) is 24.3 Å². The molecule has 2 heterocycles. The fourth-order valence-electron chi connectivity index (χ4n) is 3.18. The predicted octanol–water partition coefficient (Wildman–Crippen LogP) is 2.02. The van der Waals surface area contributed by atoms with Crippen LogP contribution in [-0.4, -0.2) is 77.5 Å². The lowest BCUT2D eigenvalue weighted by atomic mass is 10.2. The quantitative estimate of drug-likeness (QED) is 0.157. The van der Waals surface area contributed by atoms with E-state index < -0.39 is 35.8 Å². The van der Waals surface area contributed by atoms with E-state index in [9.17, 15) is 29.4 Å². The molecule has 0 saturated carbocycles. The summed E-state index contributed by atoms with van der Waals surface area (Å²) in [6, 6.07) is 11.4. The molecule has 12 nitrogen and oxygen atoms in total. The Balaban J connectivity index is 1.30. The van der Waals surface area contributed by atoms with Gasteiger partial charge in [0.05, 0.1) is 34.5 Å². The van der Waals surface area contributed by atoms with Crippen molar-refractivity contribution >= 4 is 67.4 Å². The molecular formula is C24H20N6O6S2. The zero-order chi connectivity index (χ0) is 27.1. The summed E-state index contributed by atoms with van der Waals surface area (Å²) in [5, 5.41) is 23.8. The van der Waals surface area contributed by atoms with Crippen LogP contribution in [0.3, 0.4) is 0 Å². The number of carboxylic acids is 2. The van der Waals surface area contributed by atoms with Gasteiger partial charge in [-0.1, -0.05) is 45.9 Å². The van der Waals surface area contributed by atoms with Crippen LogP contribution < -0.4 is 10.6 Å². The molecule has 4 rings (SSSR count). The first-order valence-electron chi connectivity index (χ1n) is 11.1. The van der Waals surface area contributed by atoms with Crippen molar-refractivity contribution in [2.24, 2.45) is 0 Å². The number of carboxylic acid groups (broad SMARTS) is 2. The molecule has 0 fully saturated rings. The number of carbonyl (C=O) groups excluding carboxylic acids is 2. The maximum absolute atomic E-state index is 12.5. The molecule has 0 saturated heterocycles. The summed E-state index contributed by atoms with van der Waals surface area (Å²) in [5.41, 5.74) is 2.12. The highest BCUT2D eigenvalue weighted by molar-refractivity contribution is 8.76. The van der Waals surface area contributed by atoms with Gasteiger partial charge in [-0.3, -0.25) is 19.6 Å². The SMILES string of the molecule is O=C(NC(CSSCC(NC(=O)c1cnc2ccccc2n1)C(=O)O)C(=O)O)c1cnc2ccccc2n1. The Kier molecular flexibility index (Phi) is 8.66. The van der Waals surface area contributed by atoms with Gasteiger partial charge < -0.3 is 20.8 Å². The highest BCUT2D eigenvalue weighted by Crippen LogP contribution is 2.23. The number of carbonyl (C=O) groups is 4. The lowest BCUT2D eigenvalue weighted by Gasteiger charge is -2.16. The summed E-state index contributed by atoms with van der Waals surface area (Å²) in [7, 11) is 2.08. The molecule has 2 atom stereocenters. The third-order valence-electron chi connectivity index (χ3n) is 5.12. The Morgan fingerprint density at radius 2 is 1.03 bits per heavy atom. The molecule has 2 aromatic heterocycles. The lowest BCUT2D eigenvalue weighted by Crippen LogP contribution is -2.43. The number of rotatable bonds is 11. The summed E-state index contributed by atoms with van der Waals surface area (Å²) in [6.45, 7) is 0. The molecule has 194 valence electrons. The van der Waals surface area contributed by atoms with Crippen LogP contribution in [0.4, 0.5) is 0 Å². The van der Waals surface area contributed by atoms with Crippen LogP contribution in [0.5, 0.6) is 0 Å². The number of nitrogens with zero attached hydrogens (tertiary/aromatic N) is 4. The van der Waals surface area contributed by atoms with Crippen molar-refractivity contribution in [1.29, 1.82) is 0 Å². The molecule has 4 aromatic rings. The minimum absolute atomic E-state index is 0.0296. The van der Waals surface area contributed by atoms with Crippen LogP contribution in [0.1, 0.15) is 21.0 Å². The number of hydrogen-bond acceptors (Lipinski definition) is 10. The average Bonchev–Trinajstić information content (AvgIpc) is 2.92. The Labute approximate surface area is 223 Å². The lowest BCUT2D eigenvalue weighted by molar-refractivity contribution is -0.139. The molecular weight excluding hydrogens is 532 g/mol. The third kappa shape index (κ3) is 6.72. The predicted molar refractivity (Wildman–Crippen MR) is 142 cm³/mol. The Hall–Kier alpha value is -4.30. The topological polar surface area (TPSA) is 184 Å². The third-order valence-corrected chi connectivity index (χ3v) is 7.54. The molecule has 2 amide bonds. The number of benzene rings is 2. The second-order valence-electron chi connectivity index (χ2n) is 7.79. The Bertz CT molecular complexity index is 1410. The van der Waals surface area contributed by atoms with Crippen LogP contribution in [0, 0.1) is 0 Å². The van der Waals surface area contributed by atoms with Crippen molar-refractivity contribution in [3.63, 3.8) is 0 Å². The molecule has 0 spiro atoms. The molecule has 0 aliphatic carbocycles. The first kappa shape index (κ1) is 26.8. The van der Waals surface area contributed by atoms with Crippen molar-refractivity contribution in [2.45, 2.75) is 12.1 Å². The van der Waals surface area contributed by atoms with E-state index in [4.69, 9.17) is 0 Å². The van der Waals surface area contributed by atoms with Gasteiger partial charge >= 0.3 is 11.9 Å². The van der Waals surface area contributed by atoms with Gasteiger partial charge in [-0.2, -0.15) is 0 Å². The zero-order valence-electron chi connectivity index (χ0n) is 19.5. The summed E-state index contributed by atoms with van der Waals surface area (Å²) >= 11 is 0. The summed E-state index contributed by atoms with van der Waals surface area (Å²) in [4.78, 5) is 65.1. The number of aromatic nitrogens is 4. The van der Waals surface area contributed by atoms with Gasteiger partial charge in [-0.25, -0.2) is 19.6 Å². The average molecular weight is 553 g/mol. The Morgan fingerprint density at radius 3 is 1.39 bits per heavy atom. The fraction of sp³-hybridized carbons (Fsp3) is 0.167. The van der Waals surface area contributed by atoms with Crippen LogP contribution in [0.25, 0.3) is 22.1 Å². The van der Waals surface area contributed by atoms with Crippen LogP contribution >= 0.6 is 21.6 Å². The zero-order valence-corrected chi connectivity index (χ0v) is 21.1. The van der Waals surface area contributed by atoms with Crippen molar-refractivity contribution < 1.29 is 29.4 Å². The maximum Gasteiger partial charge on any atom is 0.327 e. The van der Waals surface area contributed by atoms with Crippen LogP contribution in [0.2, 0.25) is 0 Å². The monoisotopic (exact) mass is 552 g/mol. The molecule has 0 radical (unpaired) electrons. The molecule has 2 aromatic carbocycles. The summed E-state index contributed by atoms with van der Waals surface area (Å²) in [6.07, 6.45) is 2.52. The second-order valence-corrected chi connectivity index (χ2v) is 10.3. The van der Waals surface area contributed by atoms with E-state index in [-0.39, 0.29) is 22.9 Å². The molecule has 0 bridgehead atoms. The van der Waals surface area contributed by atoms with E-state index in [1.54, 1.807) is 48.5 Å². The number of amides is 2. The normalized spacial score (nSPS) is 12.5.